The Balaban J connectivity index is 2.17. The molecule has 132 valence electrons. The summed E-state index contributed by atoms with van der Waals surface area (Å²) in [6.07, 6.45) is -0.770. The molecule has 2 aliphatic rings. The van der Waals surface area contributed by atoms with Crippen LogP contribution in [0.3, 0.4) is 0 Å². The van der Waals surface area contributed by atoms with Gasteiger partial charge in [-0.05, 0) is 43.2 Å². The molecule has 8 heteroatoms. The number of amides is 2. The molecular weight excluding hydrogens is 340 g/mol. The largest absolute Gasteiger partial charge is 0.416 e. The number of hydrogen-bond donors (Lipinski definition) is 1. The maximum Gasteiger partial charge on any atom is 0.416 e. The SMILES string of the molecule is CC(=O)C1=C2C=CCCN2C(=O)NC1c1cc(F)cc(C(F)(F)F)c1. The first-order valence-corrected chi connectivity index (χ1v) is 7.56. The Hall–Kier alpha value is -2.64. The number of hydrogen-bond acceptors (Lipinski definition) is 2. The Morgan fingerprint density at radius 3 is 2.64 bits per heavy atom. The third-order valence-corrected chi connectivity index (χ3v) is 4.12. The average molecular weight is 354 g/mol. The van der Waals surface area contributed by atoms with E-state index in [1.807, 2.05) is 0 Å². The van der Waals surface area contributed by atoms with E-state index < -0.39 is 35.4 Å². The minimum absolute atomic E-state index is 0.128. The minimum atomic E-state index is -4.74. The highest BCUT2D eigenvalue weighted by Crippen LogP contribution is 2.37. The van der Waals surface area contributed by atoms with Crippen molar-refractivity contribution in [3.63, 3.8) is 0 Å². The van der Waals surface area contributed by atoms with Gasteiger partial charge in [-0.2, -0.15) is 13.2 Å². The third-order valence-electron chi connectivity index (χ3n) is 4.12. The Bertz CT molecular complexity index is 811. The zero-order valence-electron chi connectivity index (χ0n) is 13.2. The van der Waals surface area contributed by atoms with Crippen LogP contribution in [0, 0.1) is 5.82 Å². The smallest absolute Gasteiger partial charge is 0.327 e. The van der Waals surface area contributed by atoms with Gasteiger partial charge in [-0.3, -0.25) is 9.69 Å². The number of allylic oxidation sites excluding steroid dienone is 1. The van der Waals surface area contributed by atoms with Gasteiger partial charge in [-0.15, -0.1) is 0 Å². The van der Waals surface area contributed by atoms with Gasteiger partial charge in [0.1, 0.15) is 5.82 Å². The second-order valence-corrected chi connectivity index (χ2v) is 5.85. The predicted octanol–water partition coefficient (Wildman–Crippen LogP) is 3.71. The van der Waals surface area contributed by atoms with E-state index in [2.05, 4.69) is 5.32 Å². The number of carbonyl (C=O) groups excluding carboxylic acids is 2. The average Bonchev–Trinajstić information content (AvgIpc) is 2.53. The lowest BCUT2D eigenvalue weighted by Crippen LogP contribution is -2.48. The van der Waals surface area contributed by atoms with E-state index in [0.717, 1.165) is 12.1 Å². The molecule has 0 bridgehead atoms. The van der Waals surface area contributed by atoms with E-state index in [-0.39, 0.29) is 11.1 Å². The molecule has 4 nitrogen and oxygen atoms in total. The van der Waals surface area contributed by atoms with Crippen LogP contribution in [0.2, 0.25) is 0 Å². The van der Waals surface area contributed by atoms with Crippen LogP contribution in [0.25, 0.3) is 0 Å². The first-order chi connectivity index (χ1) is 11.7. The number of fused-ring (bicyclic) bond motifs is 1. The van der Waals surface area contributed by atoms with Crippen LogP contribution < -0.4 is 5.32 Å². The predicted molar refractivity (Wildman–Crippen MR) is 80.8 cm³/mol. The number of ketones is 1. The molecule has 1 atom stereocenters. The lowest BCUT2D eigenvalue weighted by molar-refractivity contribution is -0.137. The summed E-state index contributed by atoms with van der Waals surface area (Å²) in [6, 6.07) is 0.343. The molecule has 1 N–H and O–H groups in total. The molecule has 3 rings (SSSR count). The molecule has 0 radical (unpaired) electrons. The van der Waals surface area contributed by atoms with E-state index in [9.17, 15) is 27.2 Å². The van der Waals surface area contributed by atoms with Crippen LogP contribution in [0.4, 0.5) is 22.4 Å². The number of alkyl halides is 3. The third kappa shape index (κ3) is 3.16. The number of nitrogens with one attached hydrogen (secondary N) is 1. The number of urea groups is 1. The van der Waals surface area contributed by atoms with Gasteiger partial charge in [0, 0.05) is 12.1 Å². The topological polar surface area (TPSA) is 49.4 Å². The zero-order chi connectivity index (χ0) is 18.4. The van der Waals surface area contributed by atoms with Gasteiger partial charge in [0.05, 0.1) is 17.3 Å². The molecule has 0 saturated heterocycles. The van der Waals surface area contributed by atoms with Gasteiger partial charge < -0.3 is 5.32 Å². The van der Waals surface area contributed by atoms with Crippen LogP contribution in [0.1, 0.15) is 30.5 Å². The van der Waals surface area contributed by atoms with Crippen molar-refractivity contribution in [3.8, 4) is 0 Å². The normalized spacial score (nSPS) is 20.4. The molecule has 1 aromatic carbocycles. The fourth-order valence-corrected chi connectivity index (χ4v) is 3.05. The monoisotopic (exact) mass is 354 g/mol. The van der Waals surface area contributed by atoms with Crippen molar-refractivity contribution < 1.29 is 27.2 Å². The number of Topliss-reactive ketones (excluding diaryl/α,β-unsaturated/α-hetero) is 1. The molecule has 0 spiro atoms. The Morgan fingerprint density at radius 1 is 1.28 bits per heavy atom. The van der Waals surface area contributed by atoms with Gasteiger partial charge in [0.2, 0.25) is 0 Å². The van der Waals surface area contributed by atoms with Crippen molar-refractivity contribution in [2.24, 2.45) is 0 Å². The van der Waals surface area contributed by atoms with Crippen molar-refractivity contribution in [1.29, 1.82) is 0 Å². The number of rotatable bonds is 2. The van der Waals surface area contributed by atoms with E-state index in [4.69, 9.17) is 0 Å². The highest BCUT2D eigenvalue weighted by molar-refractivity contribution is 5.99. The fourth-order valence-electron chi connectivity index (χ4n) is 3.05. The van der Waals surface area contributed by atoms with Crippen molar-refractivity contribution in [3.05, 3.63) is 58.6 Å². The summed E-state index contributed by atoms with van der Waals surface area (Å²) >= 11 is 0. The second kappa shape index (κ2) is 6.02. The molecule has 0 fully saturated rings. The maximum atomic E-state index is 13.7. The highest BCUT2D eigenvalue weighted by Gasteiger charge is 2.38. The summed E-state index contributed by atoms with van der Waals surface area (Å²) in [6.45, 7) is 1.62. The summed E-state index contributed by atoms with van der Waals surface area (Å²) in [4.78, 5) is 25.8. The van der Waals surface area contributed by atoms with Gasteiger partial charge in [0.15, 0.2) is 5.78 Å². The van der Waals surface area contributed by atoms with Gasteiger partial charge in [-0.1, -0.05) is 6.08 Å². The van der Waals surface area contributed by atoms with E-state index in [1.54, 1.807) is 12.2 Å². The van der Waals surface area contributed by atoms with E-state index in [0.29, 0.717) is 24.7 Å². The summed E-state index contributed by atoms with van der Waals surface area (Å²) in [5.41, 5.74) is -0.831. The lowest BCUT2D eigenvalue weighted by atomic mass is 9.90. The van der Waals surface area contributed by atoms with Crippen LogP contribution in [-0.4, -0.2) is 23.3 Å². The fraction of sp³-hybridized carbons (Fsp3) is 0.294. The zero-order valence-corrected chi connectivity index (χ0v) is 13.2. The van der Waals surface area contributed by atoms with Gasteiger partial charge in [-0.25, -0.2) is 9.18 Å². The van der Waals surface area contributed by atoms with Crippen LogP contribution in [-0.2, 0) is 11.0 Å². The number of benzene rings is 1. The van der Waals surface area contributed by atoms with Gasteiger partial charge in [0.25, 0.3) is 0 Å². The lowest BCUT2D eigenvalue weighted by Gasteiger charge is -2.37. The van der Waals surface area contributed by atoms with Gasteiger partial charge >= 0.3 is 12.2 Å². The first-order valence-electron chi connectivity index (χ1n) is 7.56. The molecule has 1 unspecified atom stereocenters. The number of halogens is 4. The molecule has 2 aliphatic heterocycles. The molecular formula is C17H14F4N2O2. The summed E-state index contributed by atoms with van der Waals surface area (Å²) in [7, 11) is 0. The molecule has 2 heterocycles. The Kier molecular flexibility index (Phi) is 4.14. The van der Waals surface area contributed by atoms with Crippen LogP contribution in [0.15, 0.2) is 41.6 Å². The van der Waals surface area contributed by atoms with E-state index in [1.165, 1.54) is 11.8 Å². The first kappa shape index (κ1) is 17.2. The van der Waals surface area contributed by atoms with Crippen molar-refractivity contribution in [2.75, 3.05) is 6.54 Å². The Labute approximate surface area is 140 Å². The molecule has 0 aromatic heterocycles. The molecule has 2 amide bonds. The summed E-state index contributed by atoms with van der Waals surface area (Å²) in [5.74, 6) is -1.50. The second-order valence-electron chi connectivity index (χ2n) is 5.85. The summed E-state index contributed by atoms with van der Waals surface area (Å²) in [5, 5.41) is 2.51. The van der Waals surface area contributed by atoms with Crippen molar-refractivity contribution in [1.82, 2.24) is 10.2 Å². The standard InChI is InChI=1S/C17H14F4N2O2/c1-9(24)14-13-4-2-3-5-23(13)16(25)22-15(14)10-6-11(17(19,20)21)8-12(18)7-10/h2,4,6-8,15H,3,5H2,1H3,(H,22,25). The summed E-state index contributed by atoms with van der Waals surface area (Å²) < 4.78 is 52.6. The Morgan fingerprint density at radius 2 is 2.00 bits per heavy atom. The minimum Gasteiger partial charge on any atom is -0.327 e. The highest BCUT2D eigenvalue weighted by atomic mass is 19.4. The number of carbonyl (C=O) groups is 2. The molecule has 25 heavy (non-hydrogen) atoms. The van der Waals surface area contributed by atoms with Crippen LogP contribution >= 0.6 is 0 Å². The molecule has 0 aliphatic carbocycles. The van der Waals surface area contributed by atoms with Crippen molar-refractivity contribution in [2.45, 2.75) is 25.6 Å². The maximum absolute atomic E-state index is 13.7. The molecule has 1 aromatic rings. The molecule has 0 saturated carbocycles. The van der Waals surface area contributed by atoms with Crippen molar-refractivity contribution >= 4 is 11.8 Å². The number of nitrogens with zero attached hydrogens (tertiary/aromatic N) is 1. The quantitative estimate of drug-likeness (QED) is 0.823. The van der Waals surface area contributed by atoms with Crippen LogP contribution in [0.5, 0.6) is 0 Å². The van der Waals surface area contributed by atoms with E-state index >= 15 is 0 Å².